The lowest BCUT2D eigenvalue weighted by Crippen LogP contribution is -2.45. The van der Waals surface area contributed by atoms with Crippen LogP contribution in [0.15, 0.2) is 65.9 Å². The van der Waals surface area contributed by atoms with E-state index in [1.54, 1.807) is 31.2 Å². The fourth-order valence-corrected chi connectivity index (χ4v) is 2.92. The van der Waals surface area contributed by atoms with Crippen molar-refractivity contribution < 1.29 is 9.18 Å². The average Bonchev–Trinajstić information content (AvgIpc) is 2.55. The fourth-order valence-electron chi connectivity index (χ4n) is 2.65. The summed E-state index contributed by atoms with van der Waals surface area (Å²) in [4.78, 5) is 12.8. The Balaban J connectivity index is 1.96. The number of thiocarbonyl (C=S) groups is 1. The van der Waals surface area contributed by atoms with Crippen molar-refractivity contribution in [2.45, 2.75) is 13.0 Å². The molecule has 6 heteroatoms. The Hall–Kier alpha value is -2.73. The van der Waals surface area contributed by atoms with Crippen LogP contribution >= 0.6 is 12.2 Å². The topological polar surface area (TPSA) is 53.2 Å². The minimum absolute atomic E-state index is 0.268. The molecule has 1 aliphatic heterocycles. The molecule has 0 saturated carbocycles. The molecule has 0 bridgehead atoms. The van der Waals surface area contributed by atoms with Crippen LogP contribution in [0.4, 0.5) is 10.1 Å². The number of para-hydroxylation sites is 1. The van der Waals surface area contributed by atoms with Crippen LogP contribution in [0.25, 0.3) is 0 Å². The van der Waals surface area contributed by atoms with Crippen molar-refractivity contribution >= 4 is 28.9 Å². The van der Waals surface area contributed by atoms with Gasteiger partial charge in [-0.15, -0.1) is 0 Å². The van der Waals surface area contributed by atoms with Gasteiger partial charge in [0, 0.05) is 11.4 Å². The summed E-state index contributed by atoms with van der Waals surface area (Å²) in [7, 11) is 0. The third-order valence-corrected chi connectivity index (χ3v) is 3.95. The van der Waals surface area contributed by atoms with E-state index in [1.165, 1.54) is 12.1 Å². The zero-order valence-electron chi connectivity index (χ0n) is 13.0. The van der Waals surface area contributed by atoms with Gasteiger partial charge in [0.1, 0.15) is 5.82 Å². The normalized spacial score (nSPS) is 17.1. The van der Waals surface area contributed by atoms with E-state index < -0.39 is 6.04 Å². The lowest BCUT2D eigenvalue weighted by Gasteiger charge is -2.30. The van der Waals surface area contributed by atoms with Gasteiger partial charge < -0.3 is 16.0 Å². The van der Waals surface area contributed by atoms with Crippen molar-refractivity contribution in [1.29, 1.82) is 0 Å². The van der Waals surface area contributed by atoms with Gasteiger partial charge in [0.2, 0.25) is 0 Å². The van der Waals surface area contributed by atoms with Crippen LogP contribution in [-0.4, -0.2) is 11.0 Å². The van der Waals surface area contributed by atoms with Gasteiger partial charge in [0.25, 0.3) is 5.91 Å². The monoisotopic (exact) mass is 341 g/mol. The maximum absolute atomic E-state index is 13.6. The first-order valence-electron chi connectivity index (χ1n) is 7.45. The summed E-state index contributed by atoms with van der Waals surface area (Å²) >= 11 is 5.18. The first-order valence-corrected chi connectivity index (χ1v) is 7.85. The zero-order valence-corrected chi connectivity index (χ0v) is 13.8. The summed E-state index contributed by atoms with van der Waals surface area (Å²) in [5, 5.41) is 9.26. The number of carbonyl (C=O) groups excluding carboxylic acids is 1. The highest BCUT2D eigenvalue weighted by Crippen LogP contribution is 2.28. The van der Waals surface area contributed by atoms with Crippen molar-refractivity contribution in [3.8, 4) is 0 Å². The van der Waals surface area contributed by atoms with Crippen molar-refractivity contribution in [3.63, 3.8) is 0 Å². The van der Waals surface area contributed by atoms with Crippen molar-refractivity contribution in [2.24, 2.45) is 0 Å². The summed E-state index contributed by atoms with van der Waals surface area (Å²) in [5.41, 5.74) is 2.44. The Morgan fingerprint density at radius 2 is 1.92 bits per heavy atom. The van der Waals surface area contributed by atoms with Crippen LogP contribution in [0.3, 0.4) is 0 Å². The molecule has 0 radical (unpaired) electrons. The van der Waals surface area contributed by atoms with Crippen molar-refractivity contribution in [2.75, 3.05) is 5.32 Å². The summed E-state index contributed by atoms with van der Waals surface area (Å²) in [6.45, 7) is 1.78. The molecule has 1 amide bonds. The van der Waals surface area contributed by atoms with Gasteiger partial charge in [0.05, 0.1) is 11.6 Å². The van der Waals surface area contributed by atoms with Gasteiger partial charge in [-0.05, 0) is 49.0 Å². The van der Waals surface area contributed by atoms with Gasteiger partial charge in [-0.1, -0.05) is 30.3 Å². The Morgan fingerprint density at radius 1 is 1.17 bits per heavy atom. The highest BCUT2D eigenvalue weighted by Gasteiger charge is 2.30. The Bertz CT molecular complexity index is 820. The Morgan fingerprint density at radius 3 is 2.62 bits per heavy atom. The number of halogens is 1. The molecule has 0 spiro atoms. The molecule has 1 aliphatic rings. The van der Waals surface area contributed by atoms with E-state index in [1.807, 2.05) is 18.2 Å². The fraction of sp³-hybridized carbons (Fsp3) is 0.111. The predicted octanol–water partition coefficient (Wildman–Crippen LogP) is 3.26. The van der Waals surface area contributed by atoms with E-state index in [9.17, 15) is 9.18 Å². The molecular formula is C18H16FN3OS. The number of amides is 1. The van der Waals surface area contributed by atoms with E-state index in [0.29, 0.717) is 27.6 Å². The van der Waals surface area contributed by atoms with E-state index in [2.05, 4.69) is 16.0 Å². The Kier molecular flexibility index (Phi) is 4.57. The SMILES string of the molecule is CC1=C(C(=O)Nc2ccccc2)[C@@H](c2cccc(F)c2)NC(=S)N1. The average molecular weight is 341 g/mol. The van der Waals surface area contributed by atoms with Gasteiger partial charge in [-0.25, -0.2) is 4.39 Å². The first-order chi connectivity index (χ1) is 11.5. The standard InChI is InChI=1S/C18H16FN3OS/c1-11-15(17(23)21-14-8-3-2-4-9-14)16(22-18(24)20-11)12-6-5-7-13(19)10-12/h2-10,16H,1H3,(H,21,23)(H2,20,22,24)/t16-/m1/s1. The number of benzene rings is 2. The quantitative estimate of drug-likeness (QED) is 0.750. The van der Waals surface area contributed by atoms with Crippen LogP contribution in [0.2, 0.25) is 0 Å². The molecule has 0 aromatic heterocycles. The van der Waals surface area contributed by atoms with Crippen molar-refractivity contribution in [1.82, 2.24) is 10.6 Å². The molecule has 2 aromatic rings. The maximum atomic E-state index is 13.6. The molecular weight excluding hydrogens is 325 g/mol. The number of rotatable bonds is 3. The van der Waals surface area contributed by atoms with Crippen LogP contribution < -0.4 is 16.0 Å². The number of hydrogen-bond acceptors (Lipinski definition) is 2. The number of allylic oxidation sites excluding steroid dienone is 1. The van der Waals surface area contributed by atoms with E-state index in [-0.39, 0.29) is 11.7 Å². The smallest absolute Gasteiger partial charge is 0.255 e. The summed E-state index contributed by atoms with van der Waals surface area (Å²) in [6.07, 6.45) is 0. The second kappa shape index (κ2) is 6.80. The minimum atomic E-state index is -0.516. The molecule has 0 saturated heterocycles. The van der Waals surface area contributed by atoms with Crippen LogP contribution in [0.1, 0.15) is 18.5 Å². The van der Waals surface area contributed by atoms with Gasteiger partial charge in [-0.3, -0.25) is 4.79 Å². The van der Waals surface area contributed by atoms with E-state index in [0.717, 1.165) is 0 Å². The molecule has 0 aliphatic carbocycles. The van der Waals surface area contributed by atoms with Crippen molar-refractivity contribution in [3.05, 3.63) is 77.2 Å². The Labute approximate surface area is 144 Å². The molecule has 1 atom stereocenters. The molecule has 3 N–H and O–H groups in total. The number of carbonyl (C=O) groups is 1. The zero-order chi connectivity index (χ0) is 17.1. The maximum Gasteiger partial charge on any atom is 0.255 e. The second-order valence-electron chi connectivity index (χ2n) is 5.45. The minimum Gasteiger partial charge on any atom is -0.351 e. The summed E-state index contributed by atoms with van der Waals surface area (Å²) in [6, 6.07) is 14.8. The highest BCUT2D eigenvalue weighted by molar-refractivity contribution is 7.80. The molecule has 3 rings (SSSR count). The summed E-state index contributed by atoms with van der Waals surface area (Å²) < 4.78 is 13.6. The molecule has 24 heavy (non-hydrogen) atoms. The lowest BCUT2D eigenvalue weighted by molar-refractivity contribution is -0.113. The molecule has 0 unspecified atom stereocenters. The number of nitrogens with one attached hydrogen (secondary N) is 3. The second-order valence-corrected chi connectivity index (χ2v) is 5.85. The molecule has 0 fully saturated rings. The lowest BCUT2D eigenvalue weighted by atomic mass is 9.95. The predicted molar refractivity (Wildman–Crippen MR) is 95.8 cm³/mol. The van der Waals surface area contributed by atoms with Crippen LogP contribution in [0.5, 0.6) is 0 Å². The van der Waals surface area contributed by atoms with Gasteiger partial charge >= 0.3 is 0 Å². The first kappa shape index (κ1) is 16.1. The molecule has 122 valence electrons. The van der Waals surface area contributed by atoms with E-state index in [4.69, 9.17) is 12.2 Å². The third-order valence-electron chi connectivity index (χ3n) is 3.73. The van der Waals surface area contributed by atoms with Gasteiger partial charge in [0.15, 0.2) is 5.11 Å². The third kappa shape index (κ3) is 3.44. The summed E-state index contributed by atoms with van der Waals surface area (Å²) in [5.74, 6) is -0.630. The molecule has 4 nitrogen and oxygen atoms in total. The van der Waals surface area contributed by atoms with Gasteiger partial charge in [-0.2, -0.15) is 0 Å². The molecule has 1 heterocycles. The van der Waals surface area contributed by atoms with Crippen LogP contribution in [-0.2, 0) is 4.79 Å². The highest BCUT2D eigenvalue weighted by atomic mass is 32.1. The van der Waals surface area contributed by atoms with E-state index >= 15 is 0 Å². The molecule has 2 aromatic carbocycles. The largest absolute Gasteiger partial charge is 0.351 e. The number of anilines is 1. The number of hydrogen-bond donors (Lipinski definition) is 3. The van der Waals surface area contributed by atoms with Crippen LogP contribution in [0, 0.1) is 5.82 Å².